The Morgan fingerprint density at radius 1 is 1.17 bits per heavy atom. The second-order valence-electron chi connectivity index (χ2n) is 7.58. The van der Waals surface area contributed by atoms with Crippen molar-refractivity contribution >= 4 is 11.9 Å². The largest absolute Gasteiger partial charge is 0.469 e. The fourth-order valence-electron chi connectivity index (χ4n) is 4.54. The van der Waals surface area contributed by atoms with E-state index in [4.69, 9.17) is 4.74 Å². The molecule has 4 rings (SSSR count). The summed E-state index contributed by atoms with van der Waals surface area (Å²) in [6.45, 7) is 0.838. The number of carbonyl (C=O) groups excluding carboxylic acids is 2. The molecular weight excluding hydrogens is 378 g/mol. The van der Waals surface area contributed by atoms with E-state index in [2.05, 4.69) is 0 Å². The summed E-state index contributed by atoms with van der Waals surface area (Å²) in [4.78, 5) is 29.1. The monoisotopic (exact) mass is 400 g/mol. The van der Waals surface area contributed by atoms with Gasteiger partial charge < -0.3 is 9.64 Å². The van der Waals surface area contributed by atoms with Gasteiger partial charge in [0.25, 0.3) is 0 Å². The Labute approximate surface area is 167 Å². The molecule has 5 nitrogen and oxygen atoms in total. The minimum Gasteiger partial charge on any atom is -0.469 e. The summed E-state index contributed by atoms with van der Waals surface area (Å²) in [6.07, 6.45) is 0.486. The molecule has 0 bridgehead atoms. The van der Waals surface area contributed by atoms with Gasteiger partial charge in [-0.05, 0) is 18.1 Å². The van der Waals surface area contributed by atoms with Crippen LogP contribution in [-0.2, 0) is 20.9 Å². The molecule has 29 heavy (non-hydrogen) atoms. The number of methoxy groups -OCH3 is 1. The number of ether oxygens (including phenoxy) is 1. The van der Waals surface area contributed by atoms with Crippen molar-refractivity contribution in [1.29, 1.82) is 0 Å². The Morgan fingerprint density at radius 3 is 2.62 bits per heavy atom. The van der Waals surface area contributed by atoms with Crippen LogP contribution >= 0.6 is 0 Å². The maximum Gasteiger partial charge on any atom is 0.311 e. The minimum absolute atomic E-state index is 0.107. The molecular formula is C22H22F2N2O3. The number of nitrogens with zero attached hydrogens (tertiary/aromatic N) is 2. The molecule has 2 aromatic carbocycles. The molecule has 7 heteroatoms. The SMILES string of the molecule is COC(=O)[C@H]1C[C@H]2CN(Cc3ccc(F)cc3F)CC(=O)N2[C@H]1c1ccccc1. The molecule has 0 radical (unpaired) electrons. The highest BCUT2D eigenvalue weighted by Gasteiger charge is 2.50. The smallest absolute Gasteiger partial charge is 0.311 e. The number of carbonyl (C=O) groups is 2. The van der Waals surface area contributed by atoms with Gasteiger partial charge in [-0.2, -0.15) is 0 Å². The fraction of sp³-hybridized carbons (Fsp3) is 0.364. The number of fused-ring (bicyclic) bond motifs is 1. The van der Waals surface area contributed by atoms with Crippen LogP contribution in [0.2, 0.25) is 0 Å². The van der Waals surface area contributed by atoms with Crippen LogP contribution in [0.3, 0.4) is 0 Å². The van der Waals surface area contributed by atoms with E-state index < -0.39 is 17.6 Å². The van der Waals surface area contributed by atoms with Gasteiger partial charge in [0.15, 0.2) is 0 Å². The van der Waals surface area contributed by atoms with Gasteiger partial charge in [0.1, 0.15) is 11.6 Å². The summed E-state index contributed by atoms with van der Waals surface area (Å²) >= 11 is 0. The second kappa shape index (κ2) is 7.91. The van der Waals surface area contributed by atoms with E-state index in [0.29, 0.717) is 18.5 Å². The molecule has 0 aromatic heterocycles. The van der Waals surface area contributed by atoms with Gasteiger partial charge in [0, 0.05) is 30.8 Å². The van der Waals surface area contributed by atoms with Crippen molar-refractivity contribution in [2.75, 3.05) is 20.2 Å². The molecule has 2 aliphatic heterocycles. The average molecular weight is 400 g/mol. The molecule has 0 unspecified atom stereocenters. The Balaban J connectivity index is 1.58. The quantitative estimate of drug-likeness (QED) is 0.741. The fourth-order valence-corrected chi connectivity index (χ4v) is 4.54. The summed E-state index contributed by atoms with van der Waals surface area (Å²) in [5, 5.41) is 0. The van der Waals surface area contributed by atoms with Crippen LogP contribution in [0.4, 0.5) is 8.78 Å². The first-order chi connectivity index (χ1) is 14.0. The second-order valence-corrected chi connectivity index (χ2v) is 7.58. The van der Waals surface area contributed by atoms with E-state index in [-0.39, 0.29) is 37.0 Å². The molecule has 3 atom stereocenters. The zero-order valence-corrected chi connectivity index (χ0v) is 16.1. The molecule has 152 valence electrons. The Bertz CT molecular complexity index is 922. The number of hydrogen-bond acceptors (Lipinski definition) is 4. The maximum atomic E-state index is 14.0. The highest BCUT2D eigenvalue weighted by molar-refractivity contribution is 5.83. The van der Waals surface area contributed by atoms with Gasteiger partial charge in [0.05, 0.1) is 25.6 Å². The maximum absolute atomic E-state index is 14.0. The zero-order valence-electron chi connectivity index (χ0n) is 16.1. The van der Waals surface area contributed by atoms with Gasteiger partial charge in [-0.1, -0.05) is 36.4 Å². The van der Waals surface area contributed by atoms with E-state index in [0.717, 1.165) is 11.6 Å². The van der Waals surface area contributed by atoms with Gasteiger partial charge in [-0.15, -0.1) is 0 Å². The highest BCUT2D eigenvalue weighted by atomic mass is 19.1. The van der Waals surface area contributed by atoms with Crippen LogP contribution in [0.1, 0.15) is 23.6 Å². The summed E-state index contributed by atoms with van der Waals surface area (Å²) < 4.78 is 32.2. The number of hydrogen-bond donors (Lipinski definition) is 0. The Hall–Kier alpha value is -2.80. The van der Waals surface area contributed by atoms with Gasteiger partial charge in [-0.25, -0.2) is 8.78 Å². The number of esters is 1. The number of piperazine rings is 1. The lowest BCUT2D eigenvalue weighted by atomic mass is 9.93. The standard InChI is InChI=1S/C22H22F2N2O3/c1-29-22(28)18-10-17-12-25(11-15-7-8-16(23)9-19(15)24)13-20(27)26(17)21(18)14-5-3-2-4-6-14/h2-9,17-18,21H,10-13H2,1H3/t17-,18-,21-/m0/s1. The first kappa shape index (κ1) is 19.5. The number of rotatable bonds is 4. The van der Waals surface area contributed by atoms with Crippen molar-refractivity contribution in [2.24, 2.45) is 5.92 Å². The Kier molecular flexibility index (Phi) is 5.32. The van der Waals surface area contributed by atoms with Crippen molar-refractivity contribution in [3.05, 3.63) is 71.3 Å². The third-order valence-electron chi connectivity index (χ3n) is 5.77. The minimum atomic E-state index is -0.630. The number of halogens is 2. The lowest BCUT2D eigenvalue weighted by Crippen LogP contribution is -2.54. The van der Waals surface area contributed by atoms with Crippen molar-refractivity contribution in [3.8, 4) is 0 Å². The van der Waals surface area contributed by atoms with Crippen LogP contribution in [0.25, 0.3) is 0 Å². The summed E-state index contributed by atoms with van der Waals surface area (Å²) in [7, 11) is 1.35. The first-order valence-corrected chi connectivity index (χ1v) is 9.58. The zero-order chi connectivity index (χ0) is 20.5. The third-order valence-corrected chi connectivity index (χ3v) is 5.77. The molecule has 0 spiro atoms. The number of benzene rings is 2. The number of amides is 1. The molecule has 2 saturated heterocycles. The summed E-state index contributed by atoms with van der Waals surface area (Å²) in [5.41, 5.74) is 1.24. The van der Waals surface area contributed by atoms with Gasteiger partial charge in [0.2, 0.25) is 5.91 Å². The van der Waals surface area contributed by atoms with Crippen molar-refractivity contribution in [3.63, 3.8) is 0 Å². The molecule has 2 aromatic rings. The van der Waals surface area contributed by atoms with Crippen LogP contribution in [0.5, 0.6) is 0 Å². The van der Waals surface area contributed by atoms with Crippen LogP contribution in [-0.4, -0.2) is 47.9 Å². The topological polar surface area (TPSA) is 49.9 Å². The van der Waals surface area contributed by atoms with E-state index in [1.165, 1.54) is 19.2 Å². The molecule has 0 aliphatic carbocycles. The molecule has 2 heterocycles. The van der Waals surface area contributed by atoms with E-state index in [1.54, 1.807) is 4.90 Å². The molecule has 0 N–H and O–H groups in total. The van der Waals surface area contributed by atoms with Gasteiger partial charge >= 0.3 is 5.97 Å². The van der Waals surface area contributed by atoms with E-state index in [9.17, 15) is 18.4 Å². The summed E-state index contributed by atoms with van der Waals surface area (Å²) in [6, 6.07) is 12.4. The van der Waals surface area contributed by atoms with Gasteiger partial charge in [-0.3, -0.25) is 14.5 Å². The summed E-state index contributed by atoms with van der Waals surface area (Å²) in [5.74, 6) is -2.14. The normalized spacial score (nSPS) is 24.4. The lowest BCUT2D eigenvalue weighted by molar-refractivity contribution is -0.147. The highest BCUT2D eigenvalue weighted by Crippen LogP contribution is 2.43. The van der Waals surface area contributed by atoms with Crippen molar-refractivity contribution < 1.29 is 23.1 Å². The van der Waals surface area contributed by atoms with Crippen molar-refractivity contribution in [1.82, 2.24) is 9.80 Å². The van der Waals surface area contributed by atoms with E-state index in [1.807, 2.05) is 35.2 Å². The van der Waals surface area contributed by atoms with Crippen molar-refractivity contribution in [2.45, 2.75) is 25.0 Å². The molecule has 1 amide bonds. The molecule has 2 aliphatic rings. The first-order valence-electron chi connectivity index (χ1n) is 9.58. The third kappa shape index (κ3) is 3.74. The van der Waals surface area contributed by atoms with Crippen LogP contribution in [0, 0.1) is 17.6 Å². The van der Waals surface area contributed by atoms with Crippen LogP contribution in [0.15, 0.2) is 48.5 Å². The molecule has 0 saturated carbocycles. The Morgan fingerprint density at radius 2 is 1.93 bits per heavy atom. The molecule has 2 fully saturated rings. The average Bonchev–Trinajstić information content (AvgIpc) is 3.10. The van der Waals surface area contributed by atoms with Crippen LogP contribution < -0.4 is 0 Å². The van der Waals surface area contributed by atoms with E-state index >= 15 is 0 Å². The predicted molar refractivity (Wildman–Crippen MR) is 102 cm³/mol. The predicted octanol–water partition coefficient (Wildman–Crippen LogP) is 2.91. The lowest BCUT2D eigenvalue weighted by Gasteiger charge is -2.40.